The maximum Gasteiger partial charge on any atom is 0.0285 e. The van der Waals surface area contributed by atoms with Gasteiger partial charge in [0.1, 0.15) is 0 Å². The van der Waals surface area contributed by atoms with E-state index >= 15 is 0 Å². The summed E-state index contributed by atoms with van der Waals surface area (Å²) in [6.07, 6.45) is 2.25. The fourth-order valence-corrected chi connectivity index (χ4v) is 3.33. The summed E-state index contributed by atoms with van der Waals surface area (Å²) in [5.41, 5.74) is 8.60. The molecule has 2 aromatic carbocycles. The lowest BCUT2D eigenvalue weighted by atomic mass is 9.95. The fraction of sp³-hybridized carbons (Fsp3) is 0.368. The van der Waals surface area contributed by atoms with Crippen LogP contribution in [0, 0.1) is 19.8 Å². The first-order valence-corrected chi connectivity index (χ1v) is 7.76. The lowest BCUT2D eigenvalue weighted by Gasteiger charge is -2.18. The maximum atomic E-state index is 5.84. The zero-order valence-electron chi connectivity index (χ0n) is 12.8. The van der Waals surface area contributed by atoms with Gasteiger partial charge in [-0.3, -0.25) is 11.3 Å². The van der Waals surface area contributed by atoms with Crippen LogP contribution < -0.4 is 11.3 Å². The van der Waals surface area contributed by atoms with Crippen molar-refractivity contribution < 1.29 is 0 Å². The van der Waals surface area contributed by atoms with Crippen LogP contribution in [0.25, 0.3) is 0 Å². The Balaban J connectivity index is 1.71. The highest BCUT2D eigenvalue weighted by Crippen LogP contribution is 2.49. The average Bonchev–Trinajstić information content (AvgIpc) is 3.29. The summed E-state index contributed by atoms with van der Waals surface area (Å²) in [5, 5.41) is 0. The third-order valence-corrected chi connectivity index (χ3v) is 4.74. The summed E-state index contributed by atoms with van der Waals surface area (Å²) in [5.74, 6) is 7.15. The van der Waals surface area contributed by atoms with Gasteiger partial charge in [0.05, 0.1) is 0 Å². The summed E-state index contributed by atoms with van der Waals surface area (Å²) in [6.45, 7) is 4.33. The quantitative estimate of drug-likeness (QED) is 0.650. The number of hydrogen-bond donors (Lipinski definition) is 2. The van der Waals surface area contributed by atoms with E-state index in [2.05, 4.69) is 67.8 Å². The molecule has 1 saturated carbocycles. The molecule has 0 heterocycles. The van der Waals surface area contributed by atoms with Gasteiger partial charge in [0.2, 0.25) is 0 Å². The molecule has 1 fully saturated rings. The van der Waals surface area contributed by atoms with E-state index in [0.717, 1.165) is 6.42 Å². The molecule has 21 heavy (non-hydrogen) atoms. The molecule has 2 heteroatoms. The summed E-state index contributed by atoms with van der Waals surface area (Å²) in [7, 11) is 0. The highest BCUT2D eigenvalue weighted by molar-refractivity contribution is 5.33. The largest absolute Gasteiger partial charge is 0.271 e. The van der Waals surface area contributed by atoms with Crippen molar-refractivity contribution in [2.75, 3.05) is 0 Å². The van der Waals surface area contributed by atoms with E-state index in [1.807, 2.05) is 0 Å². The zero-order chi connectivity index (χ0) is 14.8. The summed E-state index contributed by atoms with van der Waals surface area (Å²) in [4.78, 5) is 0. The molecule has 0 spiro atoms. The number of benzene rings is 2. The van der Waals surface area contributed by atoms with Crippen LogP contribution in [-0.2, 0) is 6.42 Å². The summed E-state index contributed by atoms with van der Waals surface area (Å²) < 4.78 is 0. The van der Waals surface area contributed by atoms with Gasteiger partial charge in [0.25, 0.3) is 0 Å². The Bertz CT molecular complexity index is 606. The molecular formula is C19H24N2. The van der Waals surface area contributed by atoms with Gasteiger partial charge in [-0.15, -0.1) is 0 Å². The average molecular weight is 280 g/mol. The molecule has 110 valence electrons. The third kappa shape index (κ3) is 3.17. The van der Waals surface area contributed by atoms with Crippen LogP contribution in [0.3, 0.4) is 0 Å². The molecule has 0 aliphatic heterocycles. The Labute approximate surface area is 127 Å². The Morgan fingerprint density at radius 1 is 1.14 bits per heavy atom. The van der Waals surface area contributed by atoms with Gasteiger partial charge < -0.3 is 0 Å². The van der Waals surface area contributed by atoms with Crippen LogP contribution in [0.15, 0.2) is 48.5 Å². The topological polar surface area (TPSA) is 38.0 Å². The van der Waals surface area contributed by atoms with Crippen LogP contribution in [0.4, 0.5) is 0 Å². The van der Waals surface area contributed by atoms with Crippen molar-refractivity contribution in [3.8, 4) is 0 Å². The first-order chi connectivity index (χ1) is 10.2. The van der Waals surface area contributed by atoms with Crippen LogP contribution in [0.2, 0.25) is 0 Å². The van der Waals surface area contributed by atoms with Gasteiger partial charge in [-0.05, 0) is 55.2 Å². The van der Waals surface area contributed by atoms with Crippen LogP contribution in [0.5, 0.6) is 0 Å². The van der Waals surface area contributed by atoms with Gasteiger partial charge in [-0.25, -0.2) is 0 Å². The summed E-state index contributed by atoms with van der Waals surface area (Å²) in [6, 6.07) is 17.8. The monoisotopic (exact) mass is 280 g/mol. The van der Waals surface area contributed by atoms with E-state index in [-0.39, 0.29) is 0 Å². The molecule has 1 aliphatic carbocycles. The molecular weight excluding hydrogens is 256 g/mol. The van der Waals surface area contributed by atoms with Gasteiger partial charge in [-0.2, -0.15) is 0 Å². The Kier molecular flexibility index (Phi) is 4.09. The van der Waals surface area contributed by atoms with Crippen molar-refractivity contribution in [3.05, 3.63) is 70.8 Å². The van der Waals surface area contributed by atoms with Gasteiger partial charge in [0, 0.05) is 6.04 Å². The van der Waals surface area contributed by atoms with Crippen molar-refractivity contribution >= 4 is 0 Å². The molecule has 0 aromatic heterocycles. The Hall–Kier alpha value is -1.64. The van der Waals surface area contributed by atoms with E-state index in [0.29, 0.717) is 17.9 Å². The van der Waals surface area contributed by atoms with Crippen molar-refractivity contribution in [1.82, 2.24) is 5.43 Å². The predicted molar refractivity (Wildman–Crippen MR) is 88.0 cm³/mol. The molecule has 0 bridgehead atoms. The number of nitrogens with two attached hydrogens (primary N) is 1. The van der Waals surface area contributed by atoms with E-state index in [9.17, 15) is 0 Å². The van der Waals surface area contributed by atoms with Crippen molar-refractivity contribution in [2.24, 2.45) is 11.8 Å². The van der Waals surface area contributed by atoms with Crippen molar-refractivity contribution in [3.63, 3.8) is 0 Å². The lowest BCUT2D eigenvalue weighted by molar-refractivity contribution is 0.463. The normalized spacial score (nSPS) is 22.0. The fourth-order valence-electron chi connectivity index (χ4n) is 3.33. The minimum Gasteiger partial charge on any atom is -0.271 e. The zero-order valence-corrected chi connectivity index (χ0v) is 12.8. The lowest BCUT2D eigenvalue weighted by Crippen LogP contribution is -2.39. The van der Waals surface area contributed by atoms with Gasteiger partial charge in [-0.1, -0.05) is 54.1 Å². The third-order valence-electron chi connectivity index (χ3n) is 4.74. The van der Waals surface area contributed by atoms with E-state index in [1.54, 1.807) is 0 Å². The first-order valence-electron chi connectivity index (χ1n) is 7.76. The Morgan fingerprint density at radius 3 is 2.62 bits per heavy atom. The molecule has 1 aliphatic rings. The van der Waals surface area contributed by atoms with Crippen molar-refractivity contribution in [1.29, 1.82) is 0 Å². The second kappa shape index (κ2) is 6.00. The molecule has 3 atom stereocenters. The van der Waals surface area contributed by atoms with E-state index in [1.165, 1.54) is 28.7 Å². The van der Waals surface area contributed by atoms with Crippen LogP contribution >= 0.6 is 0 Å². The van der Waals surface area contributed by atoms with Crippen LogP contribution in [0.1, 0.15) is 34.6 Å². The number of hydrogen-bond acceptors (Lipinski definition) is 2. The number of aryl methyl sites for hydroxylation is 2. The Morgan fingerprint density at radius 2 is 1.90 bits per heavy atom. The molecule has 3 rings (SSSR count). The van der Waals surface area contributed by atoms with Crippen molar-refractivity contribution in [2.45, 2.75) is 38.6 Å². The minimum absolute atomic E-state index is 0.357. The minimum atomic E-state index is 0.357. The second-order valence-corrected chi connectivity index (χ2v) is 6.32. The first kappa shape index (κ1) is 14.3. The molecule has 0 radical (unpaired) electrons. The molecule has 3 N–H and O–H groups in total. The standard InChI is InChI=1S/C19H24N2/c1-13-8-9-14(2)16(10-13)11-19(21-20)18-12-17(18)15-6-4-3-5-7-15/h3-10,17-19,21H,11-12,20H2,1-2H3. The van der Waals surface area contributed by atoms with Gasteiger partial charge in [0.15, 0.2) is 0 Å². The highest BCUT2D eigenvalue weighted by Gasteiger charge is 2.43. The highest BCUT2D eigenvalue weighted by atomic mass is 15.2. The number of nitrogens with one attached hydrogen (secondary N) is 1. The molecule has 2 nitrogen and oxygen atoms in total. The molecule has 0 amide bonds. The molecule has 2 aromatic rings. The second-order valence-electron chi connectivity index (χ2n) is 6.32. The predicted octanol–water partition coefficient (Wildman–Crippen LogP) is 3.48. The smallest absolute Gasteiger partial charge is 0.0285 e. The number of rotatable bonds is 5. The maximum absolute atomic E-state index is 5.84. The van der Waals surface area contributed by atoms with E-state index < -0.39 is 0 Å². The molecule has 0 saturated heterocycles. The van der Waals surface area contributed by atoms with Gasteiger partial charge >= 0.3 is 0 Å². The SMILES string of the molecule is Cc1ccc(C)c(CC(NN)C2CC2c2ccccc2)c1. The van der Waals surface area contributed by atoms with E-state index in [4.69, 9.17) is 5.84 Å². The number of hydrazine groups is 1. The molecule has 3 unspecified atom stereocenters. The van der Waals surface area contributed by atoms with Crippen LogP contribution in [-0.4, -0.2) is 6.04 Å². The summed E-state index contributed by atoms with van der Waals surface area (Å²) >= 11 is 0.